The summed E-state index contributed by atoms with van der Waals surface area (Å²) in [5.74, 6) is 0.286. The molecule has 2 unspecified atom stereocenters. The first-order valence-corrected chi connectivity index (χ1v) is 8.65. The second kappa shape index (κ2) is 8.82. The molecule has 0 aromatic carbocycles. The second-order valence-electron chi connectivity index (χ2n) is 6.44. The fourth-order valence-corrected chi connectivity index (χ4v) is 2.79. The molecule has 0 bridgehead atoms. The lowest BCUT2D eigenvalue weighted by atomic mass is 9.96. The van der Waals surface area contributed by atoms with Crippen molar-refractivity contribution in [3.05, 3.63) is 17.7 Å². The van der Waals surface area contributed by atoms with Crippen molar-refractivity contribution in [3.63, 3.8) is 0 Å². The van der Waals surface area contributed by atoms with E-state index in [1.165, 1.54) is 0 Å². The number of carbonyl (C=O) groups excluding carboxylic acids is 2. The number of imidazole rings is 1. The first kappa shape index (κ1) is 18.4. The van der Waals surface area contributed by atoms with E-state index in [1.54, 1.807) is 13.4 Å². The summed E-state index contributed by atoms with van der Waals surface area (Å²) >= 11 is 0. The highest BCUT2D eigenvalue weighted by Gasteiger charge is 2.28. The van der Waals surface area contributed by atoms with Crippen LogP contribution in [0.4, 0.5) is 0 Å². The number of rotatable bonds is 8. The molecule has 7 heteroatoms. The second-order valence-corrected chi connectivity index (χ2v) is 6.44. The largest absolute Gasteiger partial charge is 0.383 e. The van der Waals surface area contributed by atoms with Gasteiger partial charge in [-0.1, -0.05) is 20.3 Å². The zero-order chi connectivity index (χ0) is 17.5. The standard InChI is InChI=1S/C17H28N4O3/c1-4-12(2)9-19-17(23)15-14-6-5-13(10-21(14)11-20-15)16(22)18-7-8-24-3/h11-13H,4-10H2,1-3H3,(H,18,22)(H,19,23). The lowest BCUT2D eigenvalue weighted by molar-refractivity contribution is -0.126. The quantitative estimate of drug-likeness (QED) is 0.693. The van der Waals surface area contributed by atoms with Crippen LogP contribution < -0.4 is 10.6 Å². The van der Waals surface area contributed by atoms with Crippen molar-refractivity contribution < 1.29 is 14.3 Å². The van der Waals surface area contributed by atoms with Crippen molar-refractivity contribution in [3.8, 4) is 0 Å². The van der Waals surface area contributed by atoms with Crippen LogP contribution in [0.2, 0.25) is 0 Å². The summed E-state index contributed by atoms with van der Waals surface area (Å²) in [4.78, 5) is 28.7. The number of hydrogen-bond acceptors (Lipinski definition) is 4. The van der Waals surface area contributed by atoms with Gasteiger partial charge >= 0.3 is 0 Å². The third-order valence-corrected chi connectivity index (χ3v) is 4.59. The Labute approximate surface area is 143 Å². The Morgan fingerprint density at radius 2 is 2.25 bits per heavy atom. The Kier molecular flexibility index (Phi) is 6.78. The van der Waals surface area contributed by atoms with Crippen molar-refractivity contribution in [2.24, 2.45) is 11.8 Å². The molecule has 134 valence electrons. The van der Waals surface area contributed by atoms with Crippen LogP contribution in [-0.2, 0) is 22.5 Å². The molecule has 0 spiro atoms. The first-order chi connectivity index (χ1) is 11.6. The zero-order valence-electron chi connectivity index (χ0n) is 14.8. The van der Waals surface area contributed by atoms with E-state index in [2.05, 4.69) is 29.5 Å². The van der Waals surface area contributed by atoms with Gasteiger partial charge in [-0.3, -0.25) is 9.59 Å². The van der Waals surface area contributed by atoms with Crippen molar-refractivity contribution in [1.82, 2.24) is 20.2 Å². The van der Waals surface area contributed by atoms with E-state index in [9.17, 15) is 9.59 Å². The molecule has 0 fully saturated rings. The minimum Gasteiger partial charge on any atom is -0.383 e. The molecule has 7 nitrogen and oxygen atoms in total. The van der Waals surface area contributed by atoms with Gasteiger partial charge in [0.15, 0.2) is 0 Å². The molecule has 2 atom stereocenters. The minimum atomic E-state index is -0.118. The van der Waals surface area contributed by atoms with Crippen molar-refractivity contribution in [1.29, 1.82) is 0 Å². The van der Waals surface area contributed by atoms with Crippen LogP contribution in [0.15, 0.2) is 6.33 Å². The van der Waals surface area contributed by atoms with Crippen LogP contribution in [0.25, 0.3) is 0 Å². The van der Waals surface area contributed by atoms with Crippen molar-refractivity contribution >= 4 is 11.8 Å². The van der Waals surface area contributed by atoms with Gasteiger partial charge in [-0.15, -0.1) is 0 Å². The molecule has 0 saturated heterocycles. The normalized spacial score (nSPS) is 17.9. The van der Waals surface area contributed by atoms with Gasteiger partial charge in [0.05, 0.1) is 24.5 Å². The van der Waals surface area contributed by atoms with E-state index in [1.807, 2.05) is 4.57 Å². The van der Waals surface area contributed by atoms with Gasteiger partial charge in [0.1, 0.15) is 5.69 Å². The van der Waals surface area contributed by atoms with Gasteiger partial charge in [0, 0.05) is 26.7 Å². The van der Waals surface area contributed by atoms with E-state index in [0.29, 0.717) is 44.3 Å². The van der Waals surface area contributed by atoms with Crippen LogP contribution in [0.1, 0.15) is 42.9 Å². The molecule has 1 aromatic rings. The maximum absolute atomic E-state index is 12.3. The Morgan fingerprint density at radius 1 is 1.46 bits per heavy atom. The van der Waals surface area contributed by atoms with Crippen LogP contribution in [-0.4, -0.2) is 48.2 Å². The van der Waals surface area contributed by atoms with Crippen molar-refractivity contribution in [2.75, 3.05) is 26.8 Å². The van der Waals surface area contributed by atoms with Crippen LogP contribution in [0.5, 0.6) is 0 Å². The van der Waals surface area contributed by atoms with Gasteiger partial charge in [-0.25, -0.2) is 4.98 Å². The zero-order valence-corrected chi connectivity index (χ0v) is 14.8. The lowest BCUT2D eigenvalue weighted by Gasteiger charge is -2.24. The molecule has 2 rings (SSSR count). The Bertz CT molecular complexity index is 570. The fraction of sp³-hybridized carbons (Fsp3) is 0.706. The highest BCUT2D eigenvalue weighted by molar-refractivity contribution is 5.93. The summed E-state index contributed by atoms with van der Waals surface area (Å²) in [5, 5.41) is 5.82. The average Bonchev–Trinajstić information content (AvgIpc) is 3.02. The SMILES string of the molecule is CCC(C)CNC(=O)c1ncn2c1CCC(C(=O)NCCOC)C2. The molecule has 0 radical (unpaired) electrons. The summed E-state index contributed by atoms with van der Waals surface area (Å²) in [6.07, 6.45) is 4.12. The maximum atomic E-state index is 12.3. The summed E-state index contributed by atoms with van der Waals surface area (Å²) < 4.78 is 6.87. The molecule has 24 heavy (non-hydrogen) atoms. The average molecular weight is 336 g/mol. The third-order valence-electron chi connectivity index (χ3n) is 4.59. The minimum absolute atomic E-state index is 0.0363. The molecule has 2 heterocycles. The van der Waals surface area contributed by atoms with Crippen LogP contribution >= 0.6 is 0 Å². The first-order valence-electron chi connectivity index (χ1n) is 8.65. The third kappa shape index (κ3) is 4.56. The number of nitrogens with one attached hydrogen (secondary N) is 2. The van der Waals surface area contributed by atoms with E-state index in [4.69, 9.17) is 4.74 Å². The van der Waals surface area contributed by atoms with Crippen LogP contribution in [0.3, 0.4) is 0 Å². The van der Waals surface area contributed by atoms with Crippen LogP contribution in [0, 0.1) is 11.8 Å². The molecule has 1 aliphatic heterocycles. The topological polar surface area (TPSA) is 85.2 Å². The van der Waals surface area contributed by atoms with Crippen molar-refractivity contribution in [2.45, 2.75) is 39.7 Å². The van der Waals surface area contributed by atoms with Gasteiger partial charge in [-0.05, 0) is 18.8 Å². The number of amides is 2. The molecule has 1 aliphatic rings. The van der Waals surface area contributed by atoms with E-state index in [-0.39, 0.29) is 17.7 Å². The molecular formula is C17H28N4O3. The summed E-state index contributed by atoms with van der Waals surface area (Å²) in [7, 11) is 1.61. The number of nitrogens with zero attached hydrogens (tertiary/aromatic N) is 2. The van der Waals surface area contributed by atoms with E-state index >= 15 is 0 Å². The fourth-order valence-electron chi connectivity index (χ4n) is 2.79. The molecule has 2 amide bonds. The Hall–Kier alpha value is -1.89. The Morgan fingerprint density at radius 3 is 2.96 bits per heavy atom. The molecule has 2 N–H and O–H groups in total. The Balaban J connectivity index is 1.93. The van der Waals surface area contributed by atoms with Gasteiger partial charge in [-0.2, -0.15) is 0 Å². The molecule has 0 saturated carbocycles. The number of aromatic nitrogens is 2. The predicted molar refractivity (Wildman–Crippen MR) is 90.7 cm³/mol. The molecular weight excluding hydrogens is 308 g/mol. The van der Waals surface area contributed by atoms with E-state index < -0.39 is 0 Å². The van der Waals surface area contributed by atoms with Gasteiger partial charge < -0.3 is 19.9 Å². The summed E-state index contributed by atoms with van der Waals surface area (Å²) in [5.41, 5.74) is 1.43. The summed E-state index contributed by atoms with van der Waals surface area (Å²) in [6, 6.07) is 0. The number of carbonyl (C=O) groups is 2. The lowest BCUT2D eigenvalue weighted by Crippen LogP contribution is -2.37. The highest BCUT2D eigenvalue weighted by atomic mass is 16.5. The molecule has 0 aliphatic carbocycles. The smallest absolute Gasteiger partial charge is 0.271 e. The number of hydrogen-bond donors (Lipinski definition) is 2. The van der Waals surface area contributed by atoms with Gasteiger partial charge in [0.25, 0.3) is 5.91 Å². The highest BCUT2D eigenvalue weighted by Crippen LogP contribution is 2.22. The number of fused-ring (bicyclic) bond motifs is 1. The summed E-state index contributed by atoms with van der Waals surface area (Å²) in [6.45, 7) is 6.47. The number of ether oxygens (including phenoxy) is 1. The monoisotopic (exact) mass is 336 g/mol. The predicted octanol–water partition coefficient (Wildman–Crippen LogP) is 0.984. The molecule has 1 aromatic heterocycles. The maximum Gasteiger partial charge on any atom is 0.271 e. The van der Waals surface area contributed by atoms with E-state index in [0.717, 1.165) is 18.5 Å². The number of methoxy groups -OCH3 is 1. The van der Waals surface area contributed by atoms with Gasteiger partial charge in [0.2, 0.25) is 5.91 Å².